The molecule has 0 aromatic carbocycles. The van der Waals surface area contributed by atoms with Crippen molar-refractivity contribution >= 4 is 29.9 Å². The fourth-order valence-electron chi connectivity index (χ4n) is 2.51. The van der Waals surface area contributed by atoms with Crippen molar-refractivity contribution in [3.05, 3.63) is 18.0 Å². The third kappa shape index (κ3) is 3.52. The molecular weight excluding hydrogens is 377 g/mol. The van der Waals surface area contributed by atoms with Gasteiger partial charge in [0.2, 0.25) is 0 Å². The zero-order chi connectivity index (χ0) is 15.0. The van der Waals surface area contributed by atoms with Gasteiger partial charge in [0.15, 0.2) is 5.96 Å². The van der Waals surface area contributed by atoms with Crippen LogP contribution in [0, 0.1) is 5.41 Å². The van der Waals surface area contributed by atoms with Gasteiger partial charge in [-0.2, -0.15) is 5.10 Å². The molecule has 1 N–H and O–H groups in total. The fraction of sp³-hybridized carbons (Fsp3) is 0.733. The Balaban J connectivity index is 0.00000220. The number of nitrogens with zero attached hydrogens (tertiary/aromatic N) is 4. The van der Waals surface area contributed by atoms with E-state index in [4.69, 9.17) is 4.99 Å². The zero-order valence-corrected chi connectivity index (χ0v) is 16.3. The van der Waals surface area contributed by atoms with Gasteiger partial charge in [-0.1, -0.05) is 13.8 Å². The maximum atomic E-state index is 4.76. The smallest absolute Gasteiger partial charge is 0.194 e. The van der Waals surface area contributed by atoms with Crippen LogP contribution in [0.2, 0.25) is 0 Å². The lowest BCUT2D eigenvalue weighted by atomic mass is 9.65. The Kier molecular flexibility index (Phi) is 5.69. The summed E-state index contributed by atoms with van der Waals surface area (Å²) >= 11 is 0. The van der Waals surface area contributed by atoms with E-state index in [1.165, 1.54) is 0 Å². The van der Waals surface area contributed by atoms with E-state index < -0.39 is 0 Å². The second kappa shape index (κ2) is 6.54. The normalized spacial score (nSPS) is 19.7. The molecule has 0 amide bonds. The van der Waals surface area contributed by atoms with Crippen LogP contribution in [0.5, 0.6) is 0 Å². The summed E-state index contributed by atoms with van der Waals surface area (Å²) in [5.74, 6) is 1.00. The number of aromatic nitrogens is 2. The molecule has 0 aliphatic carbocycles. The molecule has 0 bridgehead atoms. The molecule has 5 nitrogen and oxygen atoms in total. The molecule has 1 saturated heterocycles. The van der Waals surface area contributed by atoms with Crippen molar-refractivity contribution in [1.82, 2.24) is 20.0 Å². The number of aliphatic imine (C=N–C) groups is 1. The van der Waals surface area contributed by atoms with Gasteiger partial charge in [-0.25, -0.2) is 4.99 Å². The van der Waals surface area contributed by atoms with Gasteiger partial charge in [0.05, 0.1) is 12.7 Å². The summed E-state index contributed by atoms with van der Waals surface area (Å²) in [4.78, 5) is 7.13. The number of guanidine groups is 1. The minimum atomic E-state index is 0. The van der Waals surface area contributed by atoms with E-state index in [0.29, 0.717) is 12.0 Å². The van der Waals surface area contributed by atoms with Crippen LogP contribution in [-0.4, -0.2) is 39.3 Å². The van der Waals surface area contributed by atoms with Crippen LogP contribution < -0.4 is 5.32 Å². The fourth-order valence-corrected chi connectivity index (χ4v) is 2.51. The lowest BCUT2D eigenvalue weighted by Crippen LogP contribution is -2.72. The summed E-state index contributed by atoms with van der Waals surface area (Å²) < 4.78 is 1.81. The molecule has 120 valence electrons. The van der Waals surface area contributed by atoms with Crippen LogP contribution in [0.4, 0.5) is 0 Å². The largest absolute Gasteiger partial charge is 0.356 e. The number of nitrogens with one attached hydrogen (secondary N) is 1. The van der Waals surface area contributed by atoms with E-state index in [9.17, 15) is 0 Å². The molecule has 0 spiro atoms. The van der Waals surface area contributed by atoms with Gasteiger partial charge in [-0.05, 0) is 20.8 Å². The second-order valence-electron chi connectivity index (χ2n) is 6.72. The summed E-state index contributed by atoms with van der Waals surface area (Å²) in [6, 6.07) is 0. The Labute approximate surface area is 145 Å². The minimum Gasteiger partial charge on any atom is -0.356 e. The van der Waals surface area contributed by atoms with Gasteiger partial charge in [-0.3, -0.25) is 4.68 Å². The molecule has 0 radical (unpaired) electrons. The second-order valence-corrected chi connectivity index (χ2v) is 6.72. The molecule has 21 heavy (non-hydrogen) atoms. The highest BCUT2D eigenvalue weighted by molar-refractivity contribution is 14.0. The first-order valence-corrected chi connectivity index (χ1v) is 7.31. The first-order valence-electron chi connectivity index (χ1n) is 7.31. The first kappa shape index (κ1) is 18.3. The molecule has 1 aromatic rings. The van der Waals surface area contributed by atoms with Gasteiger partial charge in [0.25, 0.3) is 0 Å². The van der Waals surface area contributed by atoms with Gasteiger partial charge in [0.1, 0.15) is 0 Å². The van der Waals surface area contributed by atoms with E-state index in [2.05, 4.69) is 49.9 Å². The van der Waals surface area contributed by atoms with Crippen LogP contribution in [0.3, 0.4) is 0 Å². The van der Waals surface area contributed by atoms with E-state index >= 15 is 0 Å². The maximum absolute atomic E-state index is 4.76. The third-order valence-electron chi connectivity index (χ3n) is 4.64. The highest BCUT2D eigenvalue weighted by Gasteiger charge is 2.53. The molecule has 0 atom stereocenters. The van der Waals surface area contributed by atoms with E-state index in [-0.39, 0.29) is 29.5 Å². The van der Waals surface area contributed by atoms with Crippen LogP contribution in [0.1, 0.15) is 40.2 Å². The van der Waals surface area contributed by atoms with Crippen molar-refractivity contribution in [1.29, 1.82) is 0 Å². The summed E-state index contributed by atoms with van der Waals surface area (Å²) in [7, 11) is 1.93. The van der Waals surface area contributed by atoms with Crippen LogP contribution >= 0.6 is 24.0 Å². The molecule has 1 aromatic heterocycles. The van der Waals surface area contributed by atoms with E-state index in [1.807, 2.05) is 24.1 Å². The van der Waals surface area contributed by atoms with E-state index in [1.54, 1.807) is 0 Å². The van der Waals surface area contributed by atoms with E-state index in [0.717, 1.165) is 24.6 Å². The SMILES string of the molecule is CCNC(=NCc1cnn(C)c1)N1CC(C)(C)C1(C)C.I. The number of rotatable bonds is 3. The average Bonchev–Trinajstić information content (AvgIpc) is 2.78. The first-order chi connectivity index (χ1) is 9.28. The molecule has 0 saturated carbocycles. The van der Waals surface area contributed by atoms with Gasteiger partial charge < -0.3 is 10.2 Å². The van der Waals surface area contributed by atoms with Crippen molar-refractivity contribution < 1.29 is 0 Å². The topological polar surface area (TPSA) is 45.5 Å². The van der Waals surface area contributed by atoms with Crippen molar-refractivity contribution in [2.45, 2.75) is 46.7 Å². The number of aryl methyl sites for hydroxylation is 1. The Hall–Kier alpha value is -0.790. The average molecular weight is 405 g/mol. The quantitative estimate of drug-likeness (QED) is 0.478. The minimum absolute atomic E-state index is 0. The number of likely N-dealkylation sites (tertiary alicyclic amines) is 1. The molecular formula is C15H28IN5. The molecule has 2 heterocycles. The Morgan fingerprint density at radius 3 is 2.48 bits per heavy atom. The zero-order valence-electron chi connectivity index (χ0n) is 14.0. The van der Waals surface area contributed by atoms with Crippen molar-refractivity contribution in [3.8, 4) is 0 Å². The third-order valence-corrected chi connectivity index (χ3v) is 4.64. The molecule has 1 aliphatic rings. The predicted octanol–water partition coefficient (Wildman–Crippen LogP) is 2.62. The highest BCUT2D eigenvalue weighted by Crippen LogP contribution is 2.46. The van der Waals surface area contributed by atoms with Crippen molar-refractivity contribution in [2.75, 3.05) is 13.1 Å². The summed E-state index contributed by atoms with van der Waals surface area (Å²) in [5.41, 5.74) is 1.58. The molecule has 1 fully saturated rings. The number of hydrogen-bond donors (Lipinski definition) is 1. The summed E-state index contributed by atoms with van der Waals surface area (Å²) in [6.45, 7) is 13.9. The molecule has 0 unspecified atom stereocenters. The molecule has 2 rings (SSSR count). The molecule has 1 aliphatic heterocycles. The van der Waals surface area contributed by atoms with Crippen molar-refractivity contribution in [3.63, 3.8) is 0 Å². The standard InChI is InChI=1S/C15H27N5.HI/c1-7-16-13(17-8-12-9-18-19(6)10-12)20-11-14(2,3)15(20,4)5;/h9-10H,7-8,11H2,1-6H3,(H,16,17);1H. The Morgan fingerprint density at radius 2 is 2.05 bits per heavy atom. The summed E-state index contributed by atoms with van der Waals surface area (Å²) in [6.07, 6.45) is 3.89. The van der Waals surface area contributed by atoms with Crippen LogP contribution in [0.15, 0.2) is 17.4 Å². The lowest BCUT2D eigenvalue weighted by Gasteiger charge is -2.62. The Bertz CT molecular complexity index is 504. The van der Waals surface area contributed by atoms with Crippen LogP contribution in [0.25, 0.3) is 0 Å². The van der Waals surface area contributed by atoms with Gasteiger partial charge >= 0.3 is 0 Å². The summed E-state index contributed by atoms with van der Waals surface area (Å²) in [5, 5.41) is 7.59. The Morgan fingerprint density at radius 1 is 1.38 bits per heavy atom. The van der Waals surface area contributed by atoms with Gasteiger partial charge in [-0.15, -0.1) is 24.0 Å². The highest BCUT2D eigenvalue weighted by atomic mass is 127. The lowest BCUT2D eigenvalue weighted by molar-refractivity contribution is -0.0667. The van der Waals surface area contributed by atoms with Gasteiger partial charge in [0, 0.05) is 42.9 Å². The van der Waals surface area contributed by atoms with Crippen molar-refractivity contribution in [2.24, 2.45) is 17.5 Å². The maximum Gasteiger partial charge on any atom is 0.194 e. The monoisotopic (exact) mass is 405 g/mol. The number of halogens is 1. The number of hydrogen-bond acceptors (Lipinski definition) is 2. The molecule has 6 heteroatoms. The van der Waals surface area contributed by atoms with Crippen LogP contribution in [-0.2, 0) is 13.6 Å². The predicted molar refractivity (Wildman–Crippen MR) is 98.0 cm³/mol.